The average Bonchev–Trinajstić information content (AvgIpc) is 2.53. The van der Waals surface area contributed by atoms with E-state index in [0.29, 0.717) is 11.4 Å². The van der Waals surface area contributed by atoms with E-state index in [1.165, 1.54) is 19.4 Å². The van der Waals surface area contributed by atoms with Gasteiger partial charge in [0.15, 0.2) is 5.75 Å². The third kappa shape index (κ3) is 5.70. The molecule has 5 nitrogen and oxygen atoms in total. The molecule has 0 fully saturated rings. The number of ether oxygens (including phenoxy) is 1. The van der Waals surface area contributed by atoms with Gasteiger partial charge in [-0.25, -0.2) is 4.98 Å². The van der Waals surface area contributed by atoms with Crippen LogP contribution < -0.4 is 10.3 Å². The summed E-state index contributed by atoms with van der Waals surface area (Å²) in [6.45, 7) is 1.77. The summed E-state index contributed by atoms with van der Waals surface area (Å²) in [4.78, 5) is 17.2. The van der Waals surface area contributed by atoms with E-state index in [0.717, 1.165) is 11.3 Å². The van der Waals surface area contributed by atoms with Gasteiger partial charge in [-0.15, -0.1) is 0 Å². The molecule has 6 heteroatoms. The molecule has 0 atom stereocenters. The number of nitriles is 1. The zero-order valence-corrected chi connectivity index (χ0v) is 12.9. The van der Waals surface area contributed by atoms with Gasteiger partial charge in [0.1, 0.15) is 5.69 Å². The number of nitrogens with zero attached hydrogens (tertiary/aromatic N) is 2. The van der Waals surface area contributed by atoms with Gasteiger partial charge >= 0.3 is 0 Å². The lowest BCUT2D eigenvalue weighted by molar-refractivity contribution is 0.408. The van der Waals surface area contributed by atoms with Crippen LogP contribution in [0.2, 0.25) is 5.02 Å². The molecule has 0 aliphatic heterocycles. The zero-order valence-electron chi connectivity index (χ0n) is 12.2. The van der Waals surface area contributed by atoms with Crippen LogP contribution in [0.5, 0.6) is 5.75 Å². The second kappa shape index (κ2) is 9.23. The Morgan fingerprint density at radius 1 is 1.45 bits per heavy atom. The van der Waals surface area contributed by atoms with Crippen molar-refractivity contribution in [3.05, 3.63) is 57.2 Å². The Bertz CT molecular complexity index is 765. The van der Waals surface area contributed by atoms with Gasteiger partial charge in [0, 0.05) is 18.5 Å². The van der Waals surface area contributed by atoms with Crippen LogP contribution in [-0.2, 0) is 6.42 Å². The summed E-state index contributed by atoms with van der Waals surface area (Å²) in [5, 5.41) is 8.84. The molecule has 0 bridgehead atoms. The minimum absolute atomic E-state index is 0.229. The number of nitrogens with one attached hydrogen (secondary N) is 1. The number of pyridine rings is 2. The molecule has 0 amide bonds. The second-order valence-corrected chi connectivity index (χ2v) is 4.41. The Morgan fingerprint density at radius 3 is 2.73 bits per heavy atom. The van der Waals surface area contributed by atoms with E-state index in [9.17, 15) is 4.79 Å². The summed E-state index contributed by atoms with van der Waals surface area (Å²) >= 11 is 5.55. The van der Waals surface area contributed by atoms with Crippen molar-refractivity contribution in [2.75, 3.05) is 7.11 Å². The van der Waals surface area contributed by atoms with Gasteiger partial charge in [-0.1, -0.05) is 23.6 Å². The van der Waals surface area contributed by atoms with Crippen molar-refractivity contribution in [3.63, 3.8) is 0 Å². The highest BCUT2D eigenvalue weighted by Crippen LogP contribution is 2.09. The van der Waals surface area contributed by atoms with Crippen LogP contribution in [0.3, 0.4) is 0 Å². The van der Waals surface area contributed by atoms with E-state index in [-0.39, 0.29) is 11.3 Å². The topological polar surface area (TPSA) is 78.8 Å². The highest BCUT2D eigenvalue weighted by molar-refractivity contribution is 6.30. The quantitative estimate of drug-likeness (QED) is 0.864. The lowest BCUT2D eigenvalue weighted by Gasteiger charge is -1.95. The first-order valence-electron chi connectivity index (χ1n) is 6.27. The summed E-state index contributed by atoms with van der Waals surface area (Å²) in [5.41, 5.74) is 1.41. The van der Waals surface area contributed by atoms with Crippen LogP contribution in [0.25, 0.3) is 0 Å². The number of aromatic nitrogens is 2. The smallest absolute Gasteiger partial charge is 0.290 e. The summed E-state index contributed by atoms with van der Waals surface area (Å²) < 4.78 is 4.70. The lowest BCUT2D eigenvalue weighted by atomic mass is 10.2. The molecule has 22 heavy (non-hydrogen) atoms. The maximum atomic E-state index is 10.8. The lowest BCUT2D eigenvalue weighted by Crippen LogP contribution is -2.07. The van der Waals surface area contributed by atoms with Crippen molar-refractivity contribution >= 4 is 11.6 Å². The Kier molecular flexibility index (Phi) is 7.25. The number of halogens is 1. The first-order valence-corrected chi connectivity index (χ1v) is 6.65. The van der Waals surface area contributed by atoms with Crippen LogP contribution in [0.15, 0.2) is 35.4 Å². The monoisotopic (exact) mass is 315 g/mol. The van der Waals surface area contributed by atoms with Gasteiger partial charge < -0.3 is 9.72 Å². The van der Waals surface area contributed by atoms with Gasteiger partial charge in [0.05, 0.1) is 24.6 Å². The third-order valence-electron chi connectivity index (χ3n) is 2.41. The minimum Gasteiger partial charge on any atom is -0.491 e. The Hall–Kier alpha value is -2.76. The summed E-state index contributed by atoms with van der Waals surface area (Å²) in [7, 11) is 1.42. The van der Waals surface area contributed by atoms with E-state index in [2.05, 4.69) is 27.9 Å². The van der Waals surface area contributed by atoms with E-state index < -0.39 is 0 Å². The maximum Gasteiger partial charge on any atom is 0.290 e. The summed E-state index contributed by atoms with van der Waals surface area (Å²) in [6.07, 6.45) is 3.50. The molecular formula is C16H14ClN3O2. The highest BCUT2D eigenvalue weighted by Gasteiger charge is 1.97. The van der Waals surface area contributed by atoms with Crippen molar-refractivity contribution in [1.82, 2.24) is 9.97 Å². The fourth-order valence-electron chi connectivity index (χ4n) is 1.41. The molecule has 0 unspecified atom stereocenters. The molecular weight excluding hydrogens is 302 g/mol. The van der Waals surface area contributed by atoms with Gasteiger partial charge in [-0.05, 0) is 24.5 Å². The van der Waals surface area contributed by atoms with Crippen LogP contribution in [0.1, 0.15) is 18.2 Å². The van der Waals surface area contributed by atoms with Crippen LogP contribution in [0, 0.1) is 23.2 Å². The molecule has 0 aromatic carbocycles. The number of methoxy groups -OCH3 is 1. The van der Waals surface area contributed by atoms with Crippen LogP contribution in [0.4, 0.5) is 0 Å². The summed E-state index contributed by atoms with van der Waals surface area (Å²) in [5.74, 6) is 5.82. The molecule has 0 saturated heterocycles. The first kappa shape index (κ1) is 17.3. The molecule has 0 radical (unpaired) electrons. The molecule has 0 aliphatic rings. The van der Waals surface area contributed by atoms with Crippen molar-refractivity contribution < 1.29 is 4.74 Å². The molecule has 2 heterocycles. The predicted molar refractivity (Wildman–Crippen MR) is 84.7 cm³/mol. The van der Waals surface area contributed by atoms with Gasteiger partial charge in [0.2, 0.25) is 0 Å². The highest BCUT2D eigenvalue weighted by atomic mass is 35.5. The van der Waals surface area contributed by atoms with Gasteiger partial charge in [-0.2, -0.15) is 5.26 Å². The number of H-pyrrole nitrogens is 1. The fraction of sp³-hybridized carbons (Fsp3) is 0.188. The third-order valence-corrected chi connectivity index (χ3v) is 2.63. The van der Waals surface area contributed by atoms with Crippen molar-refractivity contribution in [2.24, 2.45) is 0 Å². The molecule has 0 spiro atoms. The SMILES string of the molecule is CC#Cc1ccc(CC#N)cn1.COc1cc(Cl)c[nH]c1=O. The van der Waals surface area contributed by atoms with E-state index in [1.807, 2.05) is 12.1 Å². The van der Waals surface area contributed by atoms with Crippen LogP contribution >= 0.6 is 11.6 Å². The second-order valence-electron chi connectivity index (χ2n) is 3.98. The Balaban J connectivity index is 0.000000224. The Labute approximate surface area is 133 Å². The average molecular weight is 316 g/mol. The number of hydrogen-bond donors (Lipinski definition) is 1. The molecule has 2 aromatic rings. The standard InChI is InChI=1S/C10H8N2.C6H6ClNO2/c1-2-3-10-5-4-9(6-7-11)8-12-10;1-10-5-2-4(7)3-8-6(5)9/h4-5,8H,6H2,1H3;2-3H,1H3,(H,8,9). The van der Waals surface area contributed by atoms with Crippen molar-refractivity contribution in [1.29, 1.82) is 5.26 Å². The summed E-state index contributed by atoms with van der Waals surface area (Å²) in [6, 6.07) is 7.21. The van der Waals surface area contributed by atoms with Crippen LogP contribution in [-0.4, -0.2) is 17.1 Å². The normalized spacial score (nSPS) is 8.64. The van der Waals surface area contributed by atoms with E-state index in [4.69, 9.17) is 21.6 Å². The molecule has 2 rings (SSSR count). The Morgan fingerprint density at radius 2 is 2.23 bits per heavy atom. The van der Waals surface area contributed by atoms with Gasteiger partial charge in [0.25, 0.3) is 5.56 Å². The largest absolute Gasteiger partial charge is 0.491 e. The fourth-order valence-corrected chi connectivity index (χ4v) is 1.57. The van der Waals surface area contributed by atoms with Gasteiger partial charge in [-0.3, -0.25) is 4.79 Å². The number of hydrogen-bond acceptors (Lipinski definition) is 4. The minimum atomic E-state index is -0.271. The maximum absolute atomic E-state index is 10.8. The van der Waals surface area contributed by atoms with E-state index >= 15 is 0 Å². The molecule has 0 aliphatic carbocycles. The molecule has 0 saturated carbocycles. The predicted octanol–water partition coefficient (Wildman–Crippen LogP) is 2.56. The van der Waals surface area contributed by atoms with Crippen molar-refractivity contribution in [3.8, 4) is 23.7 Å². The number of aromatic amines is 1. The molecule has 1 N–H and O–H groups in total. The first-order chi connectivity index (χ1) is 10.6. The van der Waals surface area contributed by atoms with E-state index in [1.54, 1.807) is 13.1 Å². The molecule has 112 valence electrons. The van der Waals surface area contributed by atoms with Crippen molar-refractivity contribution in [2.45, 2.75) is 13.3 Å². The zero-order chi connectivity index (χ0) is 16.4. The number of rotatable bonds is 2. The molecule has 2 aromatic heterocycles.